The van der Waals surface area contributed by atoms with Crippen molar-refractivity contribution in [1.29, 1.82) is 0 Å². The number of nitrogens with one attached hydrogen (secondary N) is 1. The third-order valence-corrected chi connectivity index (χ3v) is 4.79. The Hall–Kier alpha value is -3.33. The Morgan fingerprint density at radius 2 is 1.86 bits per heavy atom. The lowest BCUT2D eigenvalue weighted by atomic mass is 10.2. The number of anilines is 2. The Kier molecular flexibility index (Phi) is 5.65. The van der Waals surface area contributed by atoms with Crippen molar-refractivity contribution in [3.8, 4) is 11.5 Å². The molecule has 0 saturated heterocycles. The minimum absolute atomic E-state index is 0.321. The van der Waals surface area contributed by atoms with Crippen molar-refractivity contribution in [2.24, 2.45) is 0 Å². The van der Waals surface area contributed by atoms with Crippen molar-refractivity contribution in [2.75, 3.05) is 25.3 Å². The summed E-state index contributed by atoms with van der Waals surface area (Å²) in [6.45, 7) is 1.50. The average molecular weight is 401 g/mol. The van der Waals surface area contributed by atoms with E-state index in [0.717, 1.165) is 4.70 Å². The number of fused-ring (bicyclic) bond motifs is 1. The number of hydrogen-bond acceptors (Lipinski definition) is 8. The number of rotatable bonds is 6. The SMILES string of the molecule is COc1ccc(NC(=O)C(C)OC(=O)c2ccc3nc(N)sc3c2)cc1OC. The largest absolute Gasteiger partial charge is 0.493 e. The maximum atomic E-state index is 12.4. The van der Waals surface area contributed by atoms with Crippen LogP contribution in [0.1, 0.15) is 17.3 Å². The molecule has 0 saturated carbocycles. The second-order valence-electron chi connectivity index (χ2n) is 5.84. The second-order valence-corrected chi connectivity index (χ2v) is 6.90. The van der Waals surface area contributed by atoms with Crippen molar-refractivity contribution in [3.63, 3.8) is 0 Å². The van der Waals surface area contributed by atoms with E-state index in [1.807, 2.05) is 0 Å². The van der Waals surface area contributed by atoms with E-state index in [1.54, 1.807) is 36.4 Å². The van der Waals surface area contributed by atoms with Crippen LogP contribution in [-0.4, -0.2) is 37.2 Å². The van der Waals surface area contributed by atoms with E-state index in [9.17, 15) is 9.59 Å². The van der Waals surface area contributed by atoms with Gasteiger partial charge >= 0.3 is 5.97 Å². The van der Waals surface area contributed by atoms with E-state index in [1.165, 1.54) is 32.5 Å². The highest BCUT2D eigenvalue weighted by atomic mass is 32.1. The van der Waals surface area contributed by atoms with E-state index < -0.39 is 18.0 Å². The summed E-state index contributed by atoms with van der Waals surface area (Å²) in [6, 6.07) is 9.87. The predicted molar refractivity (Wildman–Crippen MR) is 107 cm³/mol. The molecule has 0 radical (unpaired) electrons. The Labute approximate surface area is 165 Å². The summed E-state index contributed by atoms with van der Waals surface area (Å²) in [5, 5.41) is 3.10. The average Bonchev–Trinajstić information content (AvgIpc) is 3.06. The van der Waals surface area contributed by atoms with Crippen LogP contribution in [0.15, 0.2) is 36.4 Å². The summed E-state index contributed by atoms with van der Waals surface area (Å²) in [6.07, 6.45) is -0.997. The molecule has 8 nitrogen and oxygen atoms in total. The molecule has 28 heavy (non-hydrogen) atoms. The Bertz CT molecular complexity index is 1030. The van der Waals surface area contributed by atoms with Crippen LogP contribution in [0.5, 0.6) is 11.5 Å². The molecule has 1 aromatic heterocycles. The standard InChI is InChI=1S/C19H19N3O5S/c1-10(17(23)21-12-5-7-14(25-2)15(9-12)26-3)27-18(24)11-4-6-13-16(8-11)28-19(20)22-13/h4-10H,1-3H3,(H2,20,22)(H,21,23). The molecular weight excluding hydrogens is 382 g/mol. The molecule has 1 heterocycles. The maximum Gasteiger partial charge on any atom is 0.338 e. The molecule has 3 N–H and O–H groups in total. The minimum atomic E-state index is -0.997. The van der Waals surface area contributed by atoms with Gasteiger partial charge in [0.05, 0.1) is 30.0 Å². The quantitative estimate of drug-likeness (QED) is 0.610. The van der Waals surface area contributed by atoms with Gasteiger partial charge in [-0.2, -0.15) is 0 Å². The van der Waals surface area contributed by atoms with Gasteiger partial charge < -0.3 is 25.3 Å². The fourth-order valence-electron chi connectivity index (χ4n) is 2.51. The number of ether oxygens (including phenoxy) is 3. The first kappa shape index (κ1) is 19.4. The number of amides is 1. The number of carbonyl (C=O) groups excluding carboxylic acids is 2. The number of nitrogens with zero attached hydrogens (tertiary/aromatic N) is 1. The van der Waals surface area contributed by atoms with Gasteiger partial charge in [0, 0.05) is 11.8 Å². The highest BCUT2D eigenvalue weighted by Gasteiger charge is 2.20. The number of methoxy groups -OCH3 is 2. The number of thiazole rings is 1. The molecule has 0 aliphatic heterocycles. The monoisotopic (exact) mass is 401 g/mol. The molecule has 0 fully saturated rings. The van der Waals surface area contributed by atoms with Gasteiger partial charge in [-0.3, -0.25) is 4.79 Å². The predicted octanol–water partition coefficient (Wildman–Crippen LogP) is 3.08. The number of benzene rings is 2. The van der Waals surface area contributed by atoms with Gasteiger partial charge in [-0.15, -0.1) is 0 Å². The van der Waals surface area contributed by atoms with Gasteiger partial charge in [-0.25, -0.2) is 9.78 Å². The zero-order chi connectivity index (χ0) is 20.3. The number of carbonyl (C=O) groups is 2. The smallest absolute Gasteiger partial charge is 0.338 e. The number of nitrogen functional groups attached to an aromatic ring is 1. The first-order valence-electron chi connectivity index (χ1n) is 8.31. The van der Waals surface area contributed by atoms with Crippen LogP contribution in [0.25, 0.3) is 10.2 Å². The lowest BCUT2D eigenvalue weighted by Gasteiger charge is -2.15. The van der Waals surface area contributed by atoms with Crippen molar-refractivity contribution in [1.82, 2.24) is 4.98 Å². The van der Waals surface area contributed by atoms with E-state index in [4.69, 9.17) is 19.9 Å². The maximum absolute atomic E-state index is 12.4. The van der Waals surface area contributed by atoms with E-state index in [0.29, 0.717) is 33.4 Å². The van der Waals surface area contributed by atoms with Crippen LogP contribution in [-0.2, 0) is 9.53 Å². The van der Waals surface area contributed by atoms with Gasteiger partial charge in [0.2, 0.25) is 0 Å². The van der Waals surface area contributed by atoms with Gasteiger partial charge in [-0.05, 0) is 37.3 Å². The number of nitrogens with two attached hydrogens (primary N) is 1. The molecule has 0 spiro atoms. The van der Waals surface area contributed by atoms with Crippen molar-refractivity contribution in [3.05, 3.63) is 42.0 Å². The Balaban J connectivity index is 1.66. The van der Waals surface area contributed by atoms with Crippen LogP contribution < -0.4 is 20.5 Å². The Morgan fingerprint density at radius 1 is 1.11 bits per heavy atom. The second kappa shape index (κ2) is 8.13. The molecule has 146 valence electrons. The first-order valence-corrected chi connectivity index (χ1v) is 9.13. The summed E-state index contributed by atoms with van der Waals surface area (Å²) in [7, 11) is 3.02. The summed E-state index contributed by atoms with van der Waals surface area (Å²) in [5.41, 5.74) is 7.19. The van der Waals surface area contributed by atoms with Crippen LogP contribution in [0.4, 0.5) is 10.8 Å². The zero-order valence-electron chi connectivity index (χ0n) is 15.5. The summed E-state index contributed by atoms with van der Waals surface area (Å²) < 4.78 is 16.4. The highest BCUT2D eigenvalue weighted by molar-refractivity contribution is 7.22. The zero-order valence-corrected chi connectivity index (χ0v) is 16.3. The highest BCUT2D eigenvalue weighted by Crippen LogP contribution is 2.30. The molecule has 2 aromatic carbocycles. The van der Waals surface area contributed by atoms with Crippen molar-refractivity contribution in [2.45, 2.75) is 13.0 Å². The first-order chi connectivity index (χ1) is 13.4. The fraction of sp³-hybridized carbons (Fsp3) is 0.211. The topological polar surface area (TPSA) is 113 Å². The normalized spacial score (nSPS) is 11.7. The van der Waals surface area contributed by atoms with Crippen molar-refractivity contribution >= 4 is 44.2 Å². The molecule has 1 amide bonds. The molecule has 0 aliphatic rings. The number of esters is 1. The lowest BCUT2D eigenvalue weighted by molar-refractivity contribution is -0.123. The molecule has 0 aliphatic carbocycles. The van der Waals surface area contributed by atoms with E-state index >= 15 is 0 Å². The Morgan fingerprint density at radius 3 is 2.57 bits per heavy atom. The molecular formula is C19H19N3O5S. The van der Waals surface area contributed by atoms with Crippen LogP contribution in [0.3, 0.4) is 0 Å². The van der Waals surface area contributed by atoms with Gasteiger partial charge in [-0.1, -0.05) is 11.3 Å². The third-order valence-electron chi connectivity index (χ3n) is 3.94. The minimum Gasteiger partial charge on any atom is -0.493 e. The molecule has 1 unspecified atom stereocenters. The van der Waals surface area contributed by atoms with E-state index in [2.05, 4.69) is 10.3 Å². The molecule has 3 rings (SSSR count). The molecule has 3 aromatic rings. The summed E-state index contributed by atoms with van der Waals surface area (Å²) in [4.78, 5) is 28.9. The van der Waals surface area contributed by atoms with Gasteiger partial charge in [0.15, 0.2) is 22.7 Å². The van der Waals surface area contributed by atoms with Crippen LogP contribution in [0.2, 0.25) is 0 Å². The van der Waals surface area contributed by atoms with Crippen LogP contribution >= 0.6 is 11.3 Å². The van der Waals surface area contributed by atoms with Crippen LogP contribution in [0, 0.1) is 0 Å². The lowest BCUT2D eigenvalue weighted by Crippen LogP contribution is -2.30. The van der Waals surface area contributed by atoms with E-state index in [-0.39, 0.29) is 0 Å². The van der Waals surface area contributed by atoms with Gasteiger partial charge in [0.1, 0.15) is 0 Å². The fourth-order valence-corrected chi connectivity index (χ4v) is 3.28. The number of hydrogen-bond donors (Lipinski definition) is 2. The summed E-state index contributed by atoms with van der Waals surface area (Å²) in [5.74, 6) is -0.0614. The van der Waals surface area contributed by atoms with Crippen molar-refractivity contribution < 1.29 is 23.8 Å². The molecule has 0 bridgehead atoms. The third kappa shape index (κ3) is 4.15. The summed E-state index contributed by atoms with van der Waals surface area (Å²) >= 11 is 1.27. The molecule has 1 atom stereocenters. The van der Waals surface area contributed by atoms with Gasteiger partial charge in [0.25, 0.3) is 5.91 Å². The molecule has 9 heteroatoms. The number of aromatic nitrogens is 1.